The molecule has 0 aliphatic carbocycles. The molecule has 0 spiro atoms. The molecule has 1 aromatic heterocycles. The summed E-state index contributed by atoms with van der Waals surface area (Å²) < 4.78 is 7.50. The zero-order valence-electron chi connectivity index (χ0n) is 17.5. The summed E-state index contributed by atoms with van der Waals surface area (Å²) >= 11 is 1.38. The maximum absolute atomic E-state index is 12.8. The number of hydrogen-bond donors (Lipinski definition) is 1. The molecule has 1 aliphatic heterocycles. The van der Waals surface area contributed by atoms with E-state index in [4.69, 9.17) is 4.74 Å². The molecule has 2 heterocycles. The summed E-state index contributed by atoms with van der Waals surface area (Å²) in [5.41, 5.74) is 1.78. The molecule has 0 radical (unpaired) electrons. The van der Waals surface area contributed by atoms with Crippen LogP contribution in [0, 0.1) is 0 Å². The van der Waals surface area contributed by atoms with Crippen LogP contribution in [-0.4, -0.2) is 52.7 Å². The van der Waals surface area contributed by atoms with Crippen molar-refractivity contribution in [2.75, 3.05) is 42.3 Å². The van der Waals surface area contributed by atoms with Crippen LogP contribution in [0.25, 0.3) is 16.5 Å². The van der Waals surface area contributed by atoms with E-state index in [1.807, 2.05) is 77.4 Å². The SMILES string of the molecule is O=C(CSc1nnc(N2CCOCC2)n1-c1ccccc1)Nc1cccc2ccccc12. The molecule has 32 heavy (non-hydrogen) atoms. The number of amides is 1. The monoisotopic (exact) mass is 445 g/mol. The van der Waals surface area contributed by atoms with E-state index in [-0.39, 0.29) is 11.7 Å². The predicted octanol–water partition coefficient (Wildman–Crippen LogP) is 3.99. The highest BCUT2D eigenvalue weighted by Crippen LogP contribution is 2.28. The number of rotatable bonds is 6. The Labute approximate surface area is 190 Å². The van der Waals surface area contributed by atoms with E-state index in [1.165, 1.54) is 11.8 Å². The molecule has 1 N–H and O–H groups in total. The molecule has 3 aromatic carbocycles. The average Bonchev–Trinajstić information content (AvgIpc) is 3.28. The van der Waals surface area contributed by atoms with Gasteiger partial charge in [-0.3, -0.25) is 9.36 Å². The molecule has 7 nitrogen and oxygen atoms in total. The Hall–Kier alpha value is -3.36. The maximum atomic E-state index is 12.8. The highest BCUT2D eigenvalue weighted by Gasteiger charge is 2.22. The van der Waals surface area contributed by atoms with E-state index in [2.05, 4.69) is 20.4 Å². The van der Waals surface area contributed by atoms with Crippen molar-refractivity contribution in [3.8, 4) is 5.69 Å². The first-order valence-electron chi connectivity index (χ1n) is 10.5. The van der Waals surface area contributed by atoms with Crippen LogP contribution in [0.3, 0.4) is 0 Å². The highest BCUT2D eigenvalue weighted by molar-refractivity contribution is 7.99. The number of ether oxygens (including phenoxy) is 1. The van der Waals surface area contributed by atoms with Gasteiger partial charge < -0.3 is 15.0 Å². The number of thioether (sulfide) groups is 1. The molecule has 1 fully saturated rings. The maximum Gasteiger partial charge on any atom is 0.234 e. The van der Waals surface area contributed by atoms with Gasteiger partial charge in [-0.2, -0.15) is 0 Å². The number of para-hydroxylation sites is 1. The molecule has 1 aliphatic rings. The zero-order chi connectivity index (χ0) is 21.8. The molecule has 162 valence electrons. The lowest BCUT2D eigenvalue weighted by Crippen LogP contribution is -2.37. The molecule has 0 saturated carbocycles. The fraction of sp³-hybridized carbons (Fsp3) is 0.208. The Morgan fingerprint density at radius 1 is 0.938 bits per heavy atom. The highest BCUT2D eigenvalue weighted by atomic mass is 32.2. The van der Waals surface area contributed by atoms with Gasteiger partial charge in [0, 0.05) is 24.2 Å². The van der Waals surface area contributed by atoms with E-state index in [9.17, 15) is 4.79 Å². The van der Waals surface area contributed by atoms with Crippen molar-refractivity contribution >= 4 is 40.1 Å². The summed E-state index contributed by atoms with van der Waals surface area (Å²) in [7, 11) is 0. The van der Waals surface area contributed by atoms with E-state index in [0.717, 1.165) is 41.2 Å². The Balaban J connectivity index is 1.36. The van der Waals surface area contributed by atoms with Gasteiger partial charge in [0.2, 0.25) is 11.9 Å². The Morgan fingerprint density at radius 2 is 1.69 bits per heavy atom. The van der Waals surface area contributed by atoms with Crippen LogP contribution in [0.4, 0.5) is 11.6 Å². The summed E-state index contributed by atoms with van der Waals surface area (Å²) in [5.74, 6) is 0.926. The summed E-state index contributed by atoms with van der Waals surface area (Å²) in [6, 6.07) is 23.9. The molecular weight excluding hydrogens is 422 g/mol. The first kappa shape index (κ1) is 20.5. The summed E-state index contributed by atoms with van der Waals surface area (Å²) in [4.78, 5) is 14.9. The average molecular weight is 446 g/mol. The smallest absolute Gasteiger partial charge is 0.234 e. The van der Waals surface area contributed by atoms with Gasteiger partial charge >= 0.3 is 0 Å². The minimum Gasteiger partial charge on any atom is -0.378 e. The molecular formula is C24H23N5O2S. The standard InChI is InChI=1S/C24H23N5O2S/c30-22(25-21-12-6-8-18-7-4-5-11-20(18)21)17-32-24-27-26-23(28-13-15-31-16-14-28)29(24)19-9-2-1-3-10-19/h1-12H,13-17H2,(H,25,30). The second-order valence-electron chi connectivity index (χ2n) is 7.42. The van der Waals surface area contributed by atoms with Gasteiger partial charge in [0.25, 0.3) is 0 Å². The van der Waals surface area contributed by atoms with Gasteiger partial charge in [-0.05, 0) is 23.6 Å². The number of nitrogens with one attached hydrogen (secondary N) is 1. The van der Waals surface area contributed by atoms with E-state index < -0.39 is 0 Å². The van der Waals surface area contributed by atoms with Crippen molar-refractivity contribution in [2.45, 2.75) is 5.16 Å². The lowest BCUT2D eigenvalue weighted by molar-refractivity contribution is -0.113. The predicted molar refractivity (Wildman–Crippen MR) is 128 cm³/mol. The minimum atomic E-state index is -0.0816. The van der Waals surface area contributed by atoms with Crippen LogP contribution in [0.5, 0.6) is 0 Å². The van der Waals surface area contributed by atoms with Crippen molar-refractivity contribution in [3.05, 3.63) is 72.8 Å². The molecule has 4 aromatic rings. The number of aromatic nitrogens is 3. The van der Waals surface area contributed by atoms with E-state index in [0.29, 0.717) is 18.4 Å². The van der Waals surface area contributed by atoms with Crippen molar-refractivity contribution in [1.82, 2.24) is 14.8 Å². The van der Waals surface area contributed by atoms with Gasteiger partial charge in [-0.1, -0.05) is 66.4 Å². The zero-order valence-corrected chi connectivity index (χ0v) is 18.3. The van der Waals surface area contributed by atoms with Crippen LogP contribution >= 0.6 is 11.8 Å². The van der Waals surface area contributed by atoms with Crippen LogP contribution in [0.15, 0.2) is 78.0 Å². The largest absolute Gasteiger partial charge is 0.378 e. The van der Waals surface area contributed by atoms with Gasteiger partial charge in [0.1, 0.15) is 0 Å². The second-order valence-corrected chi connectivity index (χ2v) is 8.36. The van der Waals surface area contributed by atoms with Gasteiger partial charge in [0.05, 0.1) is 24.7 Å². The van der Waals surface area contributed by atoms with Crippen LogP contribution in [0.1, 0.15) is 0 Å². The fourth-order valence-electron chi connectivity index (χ4n) is 3.78. The first-order valence-corrected chi connectivity index (χ1v) is 11.5. The lowest BCUT2D eigenvalue weighted by Gasteiger charge is -2.27. The number of benzene rings is 3. The quantitative estimate of drug-likeness (QED) is 0.453. The van der Waals surface area contributed by atoms with Crippen LogP contribution in [-0.2, 0) is 9.53 Å². The summed E-state index contributed by atoms with van der Waals surface area (Å²) in [6.45, 7) is 2.85. The van der Waals surface area contributed by atoms with Crippen molar-refractivity contribution in [2.24, 2.45) is 0 Å². The number of fused-ring (bicyclic) bond motifs is 1. The number of carbonyl (C=O) groups excluding carboxylic acids is 1. The third-order valence-electron chi connectivity index (χ3n) is 5.32. The summed E-state index contributed by atoms with van der Waals surface area (Å²) in [5, 5.41) is 14.7. The van der Waals surface area contributed by atoms with Crippen molar-refractivity contribution in [3.63, 3.8) is 0 Å². The first-order chi connectivity index (χ1) is 15.8. The Morgan fingerprint density at radius 3 is 2.53 bits per heavy atom. The topological polar surface area (TPSA) is 72.3 Å². The molecule has 1 amide bonds. The lowest BCUT2D eigenvalue weighted by atomic mass is 10.1. The van der Waals surface area contributed by atoms with Crippen molar-refractivity contribution < 1.29 is 9.53 Å². The van der Waals surface area contributed by atoms with E-state index >= 15 is 0 Å². The third kappa shape index (κ3) is 4.32. The second kappa shape index (κ2) is 9.42. The molecule has 0 bridgehead atoms. The molecule has 0 unspecified atom stereocenters. The number of carbonyl (C=O) groups is 1. The molecule has 8 heteroatoms. The number of hydrogen-bond acceptors (Lipinski definition) is 6. The Bertz CT molecular complexity index is 1220. The number of morpholine rings is 1. The summed E-state index contributed by atoms with van der Waals surface area (Å²) in [6.07, 6.45) is 0. The van der Waals surface area contributed by atoms with Gasteiger partial charge in [-0.15, -0.1) is 10.2 Å². The molecule has 5 rings (SSSR count). The third-order valence-corrected chi connectivity index (χ3v) is 6.25. The number of nitrogens with zero attached hydrogens (tertiary/aromatic N) is 4. The van der Waals surface area contributed by atoms with Crippen LogP contribution < -0.4 is 10.2 Å². The normalized spacial score (nSPS) is 13.9. The molecule has 1 saturated heterocycles. The van der Waals surface area contributed by atoms with Crippen LogP contribution in [0.2, 0.25) is 0 Å². The van der Waals surface area contributed by atoms with Gasteiger partial charge in [0.15, 0.2) is 5.16 Å². The fourth-order valence-corrected chi connectivity index (χ4v) is 4.52. The minimum absolute atomic E-state index is 0.0816. The van der Waals surface area contributed by atoms with Crippen molar-refractivity contribution in [1.29, 1.82) is 0 Å². The van der Waals surface area contributed by atoms with E-state index in [1.54, 1.807) is 0 Å². The Kier molecular flexibility index (Phi) is 6.04. The number of anilines is 2. The van der Waals surface area contributed by atoms with Gasteiger partial charge in [-0.25, -0.2) is 0 Å². The molecule has 0 atom stereocenters.